The molecule has 5 atom stereocenters. The third kappa shape index (κ3) is 2.11. The predicted octanol–water partition coefficient (Wildman–Crippen LogP) is 3.80. The lowest BCUT2D eigenvalue weighted by Gasteiger charge is -2.60. The molecule has 4 aliphatic rings. The summed E-state index contributed by atoms with van der Waals surface area (Å²) in [4.78, 5) is 0. The normalized spacial score (nSPS) is 43.0. The SMILES string of the molecule is Cl.NC1C2C[C@@H]3C[C@H](C2)CC1(Cc1ccccc1)C3. The zero-order chi connectivity index (χ0) is 12.2. The van der Waals surface area contributed by atoms with Crippen molar-refractivity contribution in [3.05, 3.63) is 35.9 Å². The molecule has 0 heterocycles. The van der Waals surface area contributed by atoms with Crippen molar-refractivity contribution in [2.45, 2.75) is 44.6 Å². The van der Waals surface area contributed by atoms with E-state index >= 15 is 0 Å². The van der Waals surface area contributed by atoms with Crippen LogP contribution in [0, 0.1) is 23.2 Å². The molecule has 5 rings (SSSR count). The topological polar surface area (TPSA) is 26.0 Å². The minimum absolute atomic E-state index is 0. The molecule has 19 heavy (non-hydrogen) atoms. The van der Waals surface area contributed by atoms with Crippen LogP contribution in [0.2, 0.25) is 0 Å². The van der Waals surface area contributed by atoms with Crippen molar-refractivity contribution in [3.63, 3.8) is 0 Å². The van der Waals surface area contributed by atoms with Gasteiger partial charge >= 0.3 is 0 Å². The Kier molecular flexibility index (Phi) is 3.39. The maximum absolute atomic E-state index is 6.65. The molecule has 0 aromatic heterocycles. The van der Waals surface area contributed by atoms with Gasteiger partial charge in [0.1, 0.15) is 0 Å². The first-order valence-corrected chi connectivity index (χ1v) is 7.55. The van der Waals surface area contributed by atoms with E-state index in [1.807, 2.05) is 0 Å². The van der Waals surface area contributed by atoms with E-state index in [1.54, 1.807) is 0 Å². The smallest absolute Gasteiger partial charge is 0.0128 e. The second kappa shape index (κ2) is 4.79. The minimum atomic E-state index is 0. The van der Waals surface area contributed by atoms with Crippen LogP contribution in [0.15, 0.2) is 30.3 Å². The second-order valence-corrected chi connectivity index (χ2v) is 7.16. The average Bonchev–Trinajstić information content (AvgIpc) is 2.36. The number of halogens is 1. The molecule has 104 valence electrons. The fraction of sp³-hybridized carbons (Fsp3) is 0.647. The van der Waals surface area contributed by atoms with Crippen LogP contribution >= 0.6 is 12.4 Å². The van der Waals surface area contributed by atoms with E-state index < -0.39 is 0 Å². The van der Waals surface area contributed by atoms with Crippen LogP contribution in [-0.4, -0.2) is 6.04 Å². The zero-order valence-corrected chi connectivity index (χ0v) is 12.2. The molecular weight excluding hydrogens is 254 g/mol. The molecular formula is C17H24ClN. The van der Waals surface area contributed by atoms with Gasteiger partial charge in [-0.1, -0.05) is 30.3 Å². The molecule has 1 nitrogen and oxygen atoms in total. The first kappa shape index (κ1) is 13.5. The Hall–Kier alpha value is -0.530. The van der Waals surface area contributed by atoms with Crippen LogP contribution in [-0.2, 0) is 6.42 Å². The fourth-order valence-corrected chi connectivity index (χ4v) is 5.51. The van der Waals surface area contributed by atoms with Gasteiger partial charge in [-0.15, -0.1) is 12.4 Å². The monoisotopic (exact) mass is 277 g/mol. The Morgan fingerprint density at radius 1 is 1.00 bits per heavy atom. The van der Waals surface area contributed by atoms with Crippen LogP contribution in [0.1, 0.15) is 37.7 Å². The zero-order valence-electron chi connectivity index (χ0n) is 11.4. The second-order valence-electron chi connectivity index (χ2n) is 7.16. The largest absolute Gasteiger partial charge is 0.327 e. The summed E-state index contributed by atoms with van der Waals surface area (Å²) >= 11 is 0. The van der Waals surface area contributed by atoms with E-state index in [0.717, 1.165) is 17.8 Å². The third-order valence-corrected chi connectivity index (χ3v) is 5.94. The number of hydrogen-bond donors (Lipinski definition) is 1. The Balaban J connectivity index is 0.00000110. The first-order chi connectivity index (χ1) is 8.75. The van der Waals surface area contributed by atoms with Gasteiger partial charge in [-0.25, -0.2) is 0 Å². The summed E-state index contributed by atoms with van der Waals surface area (Å²) in [5.41, 5.74) is 8.59. The summed E-state index contributed by atoms with van der Waals surface area (Å²) in [5, 5.41) is 0. The van der Waals surface area contributed by atoms with Crippen molar-refractivity contribution in [2.24, 2.45) is 28.9 Å². The molecule has 0 aliphatic heterocycles. The summed E-state index contributed by atoms with van der Waals surface area (Å²) < 4.78 is 0. The van der Waals surface area contributed by atoms with Gasteiger partial charge in [-0.05, 0) is 67.3 Å². The summed E-state index contributed by atoms with van der Waals surface area (Å²) in [6, 6.07) is 11.5. The highest BCUT2D eigenvalue weighted by Gasteiger charge is 2.55. The van der Waals surface area contributed by atoms with Crippen molar-refractivity contribution < 1.29 is 0 Å². The molecule has 1 aromatic carbocycles. The molecule has 4 aliphatic carbocycles. The number of hydrogen-bond acceptors (Lipinski definition) is 1. The average molecular weight is 278 g/mol. The van der Waals surface area contributed by atoms with E-state index in [2.05, 4.69) is 30.3 Å². The molecule has 0 amide bonds. The molecule has 2 N–H and O–H groups in total. The molecule has 0 radical (unpaired) electrons. The maximum atomic E-state index is 6.65. The number of benzene rings is 1. The molecule has 4 fully saturated rings. The van der Waals surface area contributed by atoms with E-state index in [0.29, 0.717) is 11.5 Å². The fourth-order valence-electron chi connectivity index (χ4n) is 5.51. The summed E-state index contributed by atoms with van der Waals surface area (Å²) in [7, 11) is 0. The minimum Gasteiger partial charge on any atom is -0.327 e. The van der Waals surface area contributed by atoms with Crippen LogP contribution < -0.4 is 5.73 Å². The van der Waals surface area contributed by atoms with Gasteiger partial charge in [-0.2, -0.15) is 0 Å². The Labute approximate surface area is 122 Å². The van der Waals surface area contributed by atoms with E-state index in [1.165, 1.54) is 44.1 Å². The quantitative estimate of drug-likeness (QED) is 0.874. The summed E-state index contributed by atoms with van der Waals surface area (Å²) in [6.07, 6.45) is 8.37. The van der Waals surface area contributed by atoms with Gasteiger partial charge in [0, 0.05) is 6.04 Å². The number of rotatable bonds is 2. The molecule has 0 saturated heterocycles. The maximum Gasteiger partial charge on any atom is 0.0128 e. The highest BCUT2D eigenvalue weighted by Crippen LogP contribution is 2.60. The molecule has 3 unspecified atom stereocenters. The Morgan fingerprint density at radius 3 is 2.26 bits per heavy atom. The van der Waals surface area contributed by atoms with Gasteiger partial charge in [-0.3, -0.25) is 0 Å². The summed E-state index contributed by atoms with van der Waals surface area (Å²) in [6.45, 7) is 0. The van der Waals surface area contributed by atoms with Crippen molar-refractivity contribution in [1.82, 2.24) is 0 Å². The van der Waals surface area contributed by atoms with Gasteiger partial charge < -0.3 is 5.73 Å². The standard InChI is InChI=1S/C17H23N.ClH/c18-16-15-7-13-6-14(8-15)11-17(16,10-13)9-12-4-2-1-3-5-12;/h1-5,13-16H,6-11,18H2;1H/t13-,14+,15?,16?,17?;. The van der Waals surface area contributed by atoms with Crippen LogP contribution in [0.25, 0.3) is 0 Å². The summed E-state index contributed by atoms with van der Waals surface area (Å²) in [5.74, 6) is 2.82. The van der Waals surface area contributed by atoms with Crippen LogP contribution in [0.3, 0.4) is 0 Å². The molecule has 2 heteroatoms. The van der Waals surface area contributed by atoms with Gasteiger partial charge in [0.05, 0.1) is 0 Å². The Bertz CT molecular complexity index is 430. The van der Waals surface area contributed by atoms with E-state index in [-0.39, 0.29) is 12.4 Å². The van der Waals surface area contributed by atoms with Gasteiger partial charge in [0.25, 0.3) is 0 Å². The van der Waals surface area contributed by atoms with Crippen molar-refractivity contribution in [2.75, 3.05) is 0 Å². The van der Waals surface area contributed by atoms with E-state index in [4.69, 9.17) is 5.73 Å². The lowest BCUT2D eigenvalue weighted by Crippen LogP contribution is -2.60. The lowest BCUT2D eigenvalue weighted by molar-refractivity contribution is -0.0714. The van der Waals surface area contributed by atoms with Crippen molar-refractivity contribution >= 4 is 12.4 Å². The third-order valence-electron chi connectivity index (χ3n) is 5.94. The van der Waals surface area contributed by atoms with Crippen molar-refractivity contribution in [1.29, 1.82) is 0 Å². The molecule has 1 aromatic rings. The number of nitrogens with two attached hydrogens (primary N) is 1. The van der Waals surface area contributed by atoms with Crippen LogP contribution in [0.5, 0.6) is 0 Å². The highest BCUT2D eigenvalue weighted by molar-refractivity contribution is 5.85. The molecule has 4 saturated carbocycles. The highest BCUT2D eigenvalue weighted by atomic mass is 35.5. The molecule has 4 bridgehead atoms. The molecule has 0 spiro atoms. The predicted molar refractivity (Wildman–Crippen MR) is 81.4 cm³/mol. The van der Waals surface area contributed by atoms with Crippen LogP contribution in [0.4, 0.5) is 0 Å². The Morgan fingerprint density at radius 2 is 1.63 bits per heavy atom. The van der Waals surface area contributed by atoms with Gasteiger partial charge in [0.2, 0.25) is 0 Å². The lowest BCUT2D eigenvalue weighted by atomic mass is 9.46. The van der Waals surface area contributed by atoms with E-state index in [9.17, 15) is 0 Å². The van der Waals surface area contributed by atoms with Crippen molar-refractivity contribution in [3.8, 4) is 0 Å². The van der Waals surface area contributed by atoms with Gasteiger partial charge in [0.15, 0.2) is 0 Å². The first-order valence-electron chi connectivity index (χ1n) is 7.55.